The van der Waals surface area contributed by atoms with Crippen molar-refractivity contribution in [3.05, 3.63) is 30.3 Å². The fraction of sp³-hybridized carbons (Fsp3) is 0.625. The van der Waals surface area contributed by atoms with Crippen LogP contribution in [0.4, 0.5) is 0 Å². The van der Waals surface area contributed by atoms with Crippen LogP contribution >= 0.6 is 7.37 Å². The Kier molecular flexibility index (Phi) is 8.86. The van der Waals surface area contributed by atoms with E-state index in [0.717, 1.165) is 12.8 Å². The van der Waals surface area contributed by atoms with Gasteiger partial charge in [0.2, 0.25) is 0 Å². The van der Waals surface area contributed by atoms with Crippen molar-refractivity contribution in [3.63, 3.8) is 0 Å². The summed E-state index contributed by atoms with van der Waals surface area (Å²) in [6.07, 6.45) is 1.68. The van der Waals surface area contributed by atoms with Crippen LogP contribution in [0.1, 0.15) is 33.6 Å². The highest BCUT2D eigenvalue weighted by Gasteiger charge is 2.37. The van der Waals surface area contributed by atoms with Gasteiger partial charge in [0.25, 0.3) is 7.37 Å². The minimum absolute atomic E-state index is 0.284. The first kappa shape index (κ1) is 18.4. The van der Waals surface area contributed by atoms with Crippen molar-refractivity contribution >= 4 is 12.7 Å². The summed E-state index contributed by atoms with van der Waals surface area (Å²) >= 11 is 0. The van der Waals surface area contributed by atoms with E-state index in [-0.39, 0.29) is 6.61 Å². The molecule has 5 heteroatoms. The molecule has 1 aromatic carbocycles. The van der Waals surface area contributed by atoms with Gasteiger partial charge >= 0.3 is 0 Å². The predicted molar refractivity (Wildman–Crippen MR) is 86.4 cm³/mol. The lowest BCUT2D eigenvalue weighted by atomic mass is 10.4. The second-order valence-corrected chi connectivity index (χ2v) is 7.30. The largest absolute Gasteiger partial charge is 0.378 e. The SMILES string of the molecule is CCCOC(COCC)P(=O)(OCCC)c1ccccc1. The van der Waals surface area contributed by atoms with E-state index in [1.54, 1.807) is 0 Å². The Morgan fingerprint density at radius 1 is 1.05 bits per heavy atom. The maximum absolute atomic E-state index is 13.5. The van der Waals surface area contributed by atoms with Crippen LogP contribution in [-0.2, 0) is 18.6 Å². The van der Waals surface area contributed by atoms with Crippen molar-refractivity contribution in [2.75, 3.05) is 26.4 Å². The van der Waals surface area contributed by atoms with Gasteiger partial charge in [-0.05, 0) is 31.9 Å². The van der Waals surface area contributed by atoms with E-state index >= 15 is 0 Å². The summed E-state index contributed by atoms with van der Waals surface area (Å²) in [6.45, 7) is 7.78. The van der Waals surface area contributed by atoms with Crippen LogP contribution in [0.2, 0.25) is 0 Å². The van der Waals surface area contributed by atoms with Gasteiger partial charge in [-0.15, -0.1) is 0 Å². The van der Waals surface area contributed by atoms with Crippen LogP contribution < -0.4 is 5.30 Å². The summed E-state index contributed by atoms with van der Waals surface area (Å²) in [5.74, 6) is -0.550. The first-order valence-corrected chi connectivity index (χ1v) is 9.37. The van der Waals surface area contributed by atoms with Crippen LogP contribution in [0, 0.1) is 0 Å². The first-order valence-electron chi connectivity index (χ1n) is 7.68. The highest BCUT2D eigenvalue weighted by Crippen LogP contribution is 2.51. The molecule has 2 atom stereocenters. The van der Waals surface area contributed by atoms with Crippen molar-refractivity contribution in [1.82, 2.24) is 0 Å². The standard InChI is InChI=1S/C16H27O4P/c1-4-12-19-16(14-18-6-3)21(17,20-13-5-2)15-10-8-7-9-11-15/h7-11,16H,4-6,12-14H2,1-3H3. The summed E-state index contributed by atoms with van der Waals surface area (Å²) in [6, 6.07) is 9.32. The van der Waals surface area contributed by atoms with Gasteiger partial charge in [-0.2, -0.15) is 0 Å². The highest BCUT2D eigenvalue weighted by atomic mass is 31.2. The molecule has 1 aromatic rings. The molecule has 120 valence electrons. The van der Waals surface area contributed by atoms with Gasteiger partial charge in [0.1, 0.15) is 0 Å². The molecule has 0 fully saturated rings. The van der Waals surface area contributed by atoms with Gasteiger partial charge < -0.3 is 14.0 Å². The molecule has 0 saturated heterocycles. The zero-order valence-electron chi connectivity index (χ0n) is 13.3. The molecular formula is C16H27O4P. The van der Waals surface area contributed by atoms with E-state index in [4.69, 9.17) is 14.0 Å². The molecule has 0 radical (unpaired) electrons. The smallest absolute Gasteiger partial charge is 0.262 e. The summed E-state index contributed by atoms with van der Waals surface area (Å²) in [5, 5.41) is 0.694. The topological polar surface area (TPSA) is 44.8 Å². The third-order valence-electron chi connectivity index (χ3n) is 2.96. The number of hydrogen-bond acceptors (Lipinski definition) is 4. The average molecular weight is 314 g/mol. The van der Waals surface area contributed by atoms with Gasteiger partial charge in [0.05, 0.1) is 13.2 Å². The monoisotopic (exact) mass is 314 g/mol. The fourth-order valence-corrected chi connectivity index (χ4v) is 4.20. The molecule has 0 saturated carbocycles. The first-order chi connectivity index (χ1) is 10.2. The molecular weight excluding hydrogens is 287 g/mol. The Hall–Kier alpha value is -0.670. The van der Waals surface area contributed by atoms with Gasteiger partial charge in [-0.3, -0.25) is 4.57 Å². The van der Waals surface area contributed by atoms with E-state index in [1.165, 1.54) is 0 Å². The molecule has 0 bridgehead atoms. The zero-order chi connectivity index (χ0) is 15.6. The lowest BCUT2D eigenvalue weighted by Crippen LogP contribution is -2.27. The molecule has 0 amide bonds. The van der Waals surface area contributed by atoms with Crippen molar-refractivity contribution in [2.45, 2.75) is 39.5 Å². The second-order valence-electron chi connectivity index (χ2n) is 4.75. The maximum Gasteiger partial charge on any atom is 0.262 e. The zero-order valence-corrected chi connectivity index (χ0v) is 14.2. The van der Waals surface area contributed by atoms with E-state index < -0.39 is 13.2 Å². The average Bonchev–Trinajstić information content (AvgIpc) is 2.53. The highest BCUT2D eigenvalue weighted by molar-refractivity contribution is 7.67. The second kappa shape index (κ2) is 10.1. The van der Waals surface area contributed by atoms with Gasteiger partial charge in [-0.1, -0.05) is 32.0 Å². The van der Waals surface area contributed by atoms with Crippen molar-refractivity contribution < 1.29 is 18.6 Å². The summed E-state index contributed by atoms with van der Waals surface area (Å²) in [5.41, 5.74) is 0. The molecule has 2 unspecified atom stereocenters. The molecule has 4 nitrogen and oxygen atoms in total. The van der Waals surface area contributed by atoms with E-state index in [2.05, 4.69) is 0 Å². The number of hydrogen-bond donors (Lipinski definition) is 0. The summed E-state index contributed by atoms with van der Waals surface area (Å²) in [7, 11) is -3.11. The number of benzene rings is 1. The Balaban J connectivity index is 3.02. The molecule has 1 rings (SSSR count). The molecule has 0 N–H and O–H groups in total. The summed E-state index contributed by atoms with van der Waals surface area (Å²) < 4.78 is 30.5. The minimum atomic E-state index is -3.11. The molecule has 0 aromatic heterocycles. The van der Waals surface area contributed by atoms with Crippen LogP contribution in [0.3, 0.4) is 0 Å². The molecule has 21 heavy (non-hydrogen) atoms. The quantitative estimate of drug-likeness (QED) is 0.583. The van der Waals surface area contributed by atoms with Crippen LogP contribution in [0.15, 0.2) is 30.3 Å². The summed E-state index contributed by atoms with van der Waals surface area (Å²) in [4.78, 5) is 0. The van der Waals surface area contributed by atoms with Gasteiger partial charge in [0.15, 0.2) is 5.85 Å². The van der Waals surface area contributed by atoms with Crippen molar-refractivity contribution in [2.24, 2.45) is 0 Å². The van der Waals surface area contributed by atoms with Crippen LogP contribution in [0.5, 0.6) is 0 Å². The normalized spacial score (nSPS) is 15.6. The molecule has 0 spiro atoms. The Labute approximate surface area is 128 Å². The number of ether oxygens (including phenoxy) is 2. The van der Waals surface area contributed by atoms with Gasteiger partial charge in [-0.25, -0.2) is 0 Å². The van der Waals surface area contributed by atoms with Crippen molar-refractivity contribution in [3.8, 4) is 0 Å². The third kappa shape index (κ3) is 5.55. The van der Waals surface area contributed by atoms with E-state index in [0.29, 0.717) is 25.1 Å². The Bertz CT molecular complexity index is 414. The minimum Gasteiger partial charge on any atom is -0.378 e. The Morgan fingerprint density at radius 3 is 2.29 bits per heavy atom. The van der Waals surface area contributed by atoms with Gasteiger partial charge in [0, 0.05) is 18.5 Å². The molecule has 0 heterocycles. The lowest BCUT2D eigenvalue weighted by Gasteiger charge is -2.27. The maximum atomic E-state index is 13.5. The van der Waals surface area contributed by atoms with E-state index in [9.17, 15) is 4.57 Å². The molecule has 0 aliphatic heterocycles. The van der Waals surface area contributed by atoms with Crippen molar-refractivity contribution in [1.29, 1.82) is 0 Å². The van der Waals surface area contributed by atoms with E-state index in [1.807, 2.05) is 51.1 Å². The predicted octanol–water partition coefficient (Wildman–Crippen LogP) is 3.81. The van der Waals surface area contributed by atoms with Crippen LogP contribution in [0.25, 0.3) is 0 Å². The molecule has 0 aliphatic carbocycles. The lowest BCUT2D eigenvalue weighted by molar-refractivity contribution is 0.0213. The Morgan fingerprint density at radius 2 is 1.71 bits per heavy atom. The number of rotatable bonds is 11. The fourth-order valence-electron chi connectivity index (χ4n) is 1.90. The third-order valence-corrected chi connectivity index (χ3v) is 5.60. The van der Waals surface area contributed by atoms with Crippen LogP contribution in [-0.4, -0.2) is 32.3 Å². The molecule has 0 aliphatic rings.